The van der Waals surface area contributed by atoms with Gasteiger partial charge in [0.15, 0.2) is 5.82 Å². The molecule has 0 fully saturated rings. The number of hydrogen-bond acceptors (Lipinski definition) is 5. The van der Waals surface area contributed by atoms with Crippen LogP contribution in [0.3, 0.4) is 0 Å². The molecule has 3 rings (SSSR count). The lowest BCUT2D eigenvalue weighted by Crippen LogP contribution is -2.21. The lowest BCUT2D eigenvalue weighted by Gasteiger charge is -2.19. The first kappa shape index (κ1) is 18.4. The zero-order valence-electron chi connectivity index (χ0n) is 15.6. The van der Waals surface area contributed by atoms with Crippen LogP contribution in [0.1, 0.15) is 23.7 Å². The third-order valence-corrected chi connectivity index (χ3v) is 4.41. The number of para-hydroxylation sites is 2. The lowest BCUT2D eigenvalue weighted by molar-refractivity contribution is -0.107. The Balaban J connectivity index is 1.95. The molecule has 0 saturated carbocycles. The van der Waals surface area contributed by atoms with Crippen LogP contribution in [-0.4, -0.2) is 35.1 Å². The van der Waals surface area contributed by atoms with Gasteiger partial charge in [0.25, 0.3) is 5.91 Å². The molecule has 1 aromatic heterocycles. The van der Waals surface area contributed by atoms with E-state index < -0.39 is 0 Å². The number of carbonyl (C=O) groups is 2. The Hall–Kier alpha value is -3.35. The van der Waals surface area contributed by atoms with E-state index in [2.05, 4.69) is 21.0 Å². The summed E-state index contributed by atoms with van der Waals surface area (Å²) in [6.45, 7) is 1.90. The largest absolute Gasteiger partial charge is 0.386 e. The number of amides is 1. The highest BCUT2D eigenvalue weighted by Gasteiger charge is 2.18. The van der Waals surface area contributed by atoms with Crippen LogP contribution in [0.5, 0.6) is 0 Å². The predicted octanol–water partition coefficient (Wildman–Crippen LogP) is 3.26. The Bertz CT molecular complexity index is 980. The number of aromatic nitrogens is 2. The molecule has 3 N–H and O–H groups in total. The number of nitrogens with zero attached hydrogens (tertiary/aromatic N) is 2. The van der Waals surface area contributed by atoms with Gasteiger partial charge in [0, 0.05) is 31.9 Å². The number of carbonyl (C=O) groups excluding carboxylic acids is 2. The van der Waals surface area contributed by atoms with Gasteiger partial charge < -0.3 is 20.7 Å². The zero-order chi connectivity index (χ0) is 19.4. The van der Waals surface area contributed by atoms with E-state index in [0.29, 0.717) is 23.5 Å². The van der Waals surface area contributed by atoms with Crippen molar-refractivity contribution in [2.75, 3.05) is 23.0 Å². The summed E-state index contributed by atoms with van der Waals surface area (Å²) in [5.74, 6) is 0.247. The number of aldehydes is 1. The Morgan fingerprint density at radius 3 is 2.74 bits per heavy atom. The van der Waals surface area contributed by atoms with Crippen molar-refractivity contribution < 1.29 is 9.59 Å². The van der Waals surface area contributed by atoms with E-state index in [1.165, 1.54) is 0 Å². The molecule has 0 radical (unpaired) electrons. The Morgan fingerprint density at radius 2 is 2.00 bits per heavy atom. The predicted molar refractivity (Wildman–Crippen MR) is 108 cm³/mol. The van der Waals surface area contributed by atoms with Crippen molar-refractivity contribution in [2.45, 2.75) is 19.4 Å². The molecule has 0 spiro atoms. The van der Waals surface area contributed by atoms with Crippen molar-refractivity contribution in [3.05, 3.63) is 48.0 Å². The fraction of sp³-hybridized carbons (Fsp3) is 0.250. The van der Waals surface area contributed by atoms with Gasteiger partial charge in [-0.15, -0.1) is 0 Å². The average molecular weight is 365 g/mol. The zero-order valence-corrected chi connectivity index (χ0v) is 15.6. The van der Waals surface area contributed by atoms with E-state index in [-0.39, 0.29) is 11.9 Å². The van der Waals surface area contributed by atoms with Crippen molar-refractivity contribution in [1.82, 2.24) is 9.78 Å². The number of rotatable bonds is 7. The first-order chi connectivity index (χ1) is 13.0. The molecule has 7 heteroatoms. The molecule has 1 heterocycles. The minimum absolute atomic E-state index is 0.0979. The molecule has 1 atom stereocenters. The second kappa shape index (κ2) is 7.90. The molecule has 140 valence electrons. The summed E-state index contributed by atoms with van der Waals surface area (Å²) in [6.07, 6.45) is 1.21. The number of benzene rings is 2. The fourth-order valence-electron chi connectivity index (χ4n) is 3.04. The molecule has 0 aliphatic carbocycles. The van der Waals surface area contributed by atoms with Crippen molar-refractivity contribution in [3.8, 4) is 0 Å². The molecule has 27 heavy (non-hydrogen) atoms. The van der Waals surface area contributed by atoms with Crippen LogP contribution in [0.4, 0.5) is 17.2 Å². The van der Waals surface area contributed by atoms with Crippen molar-refractivity contribution in [3.63, 3.8) is 0 Å². The monoisotopic (exact) mass is 365 g/mol. The molecule has 7 nitrogen and oxygen atoms in total. The number of hydrogen-bond donors (Lipinski definition) is 3. The minimum atomic E-state index is -0.267. The Kier molecular flexibility index (Phi) is 5.40. The smallest absolute Gasteiger partial charge is 0.259 e. The van der Waals surface area contributed by atoms with Gasteiger partial charge in [0.2, 0.25) is 0 Å². The third-order valence-electron chi connectivity index (χ3n) is 4.41. The standard InChI is InChI=1S/C20H23N5O2/c1-13(11-12-26)22-18-15(8-6-9-16(18)21-2)20(27)23-19-14-7-4-5-10-17(14)25(3)24-19/h4-10,12-13,21-22H,11H2,1-3H3,(H,23,24,27). The van der Waals surface area contributed by atoms with Gasteiger partial charge in [-0.25, -0.2) is 0 Å². The number of aryl methyl sites for hydroxylation is 1. The highest BCUT2D eigenvalue weighted by molar-refractivity contribution is 6.12. The number of fused-ring (bicyclic) bond motifs is 1. The summed E-state index contributed by atoms with van der Waals surface area (Å²) in [7, 11) is 3.63. The maximum Gasteiger partial charge on any atom is 0.259 e. The summed E-state index contributed by atoms with van der Waals surface area (Å²) in [5.41, 5.74) is 2.86. The quantitative estimate of drug-likeness (QED) is 0.559. The van der Waals surface area contributed by atoms with Crippen LogP contribution < -0.4 is 16.0 Å². The highest BCUT2D eigenvalue weighted by Crippen LogP contribution is 2.29. The molecule has 2 aromatic carbocycles. The fourth-order valence-corrected chi connectivity index (χ4v) is 3.04. The van der Waals surface area contributed by atoms with Crippen LogP contribution in [0.25, 0.3) is 10.9 Å². The van der Waals surface area contributed by atoms with E-state index >= 15 is 0 Å². The normalized spacial score (nSPS) is 11.8. The third kappa shape index (κ3) is 3.76. The van der Waals surface area contributed by atoms with E-state index in [4.69, 9.17) is 0 Å². The topological polar surface area (TPSA) is 88.1 Å². The molecule has 0 aliphatic rings. The molecular weight excluding hydrogens is 342 g/mol. The van der Waals surface area contributed by atoms with E-state index in [0.717, 1.165) is 22.9 Å². The van der Waals surface area contributed by atoms with Gasteiger partial charge in [0.1, 0.15) is 6.29 Å². The van der Waals surface area contributed by atoms with Crippen LogP contribution in [0, 0.1) is 0 Å². The molecule has 1 amide bonds. The molecule has 0 bridgehead atoms. The summed E-state index contributed by atoms with van der Waals surface area (Å²) >= 11 is 0. The highest BCUT2D eigenvalue weighted by atomic mass is 16.1. The number of nitrogens with one attached hydrogen (secondary N) is 3. The molecule has 0 saturated heterocycles. The molecule has 0 aliphatic heterocycles. The van der Waals surface area contributed by atoms with Gasteiger partial charge in [-0.3, -0.25) is 9.48 Å². The van der Waals surface area contributed by atoms with Crippen LogP contribution in [-0.2, 0) is 11.8 Å². The summed E-state index contributed by atoms with van der Waals surface area (Å²) < 4.78 is 1.74. The van der Waals surface area contributed by atoms with Gasteiger partial charge in [-0.2, -0.15) is 5.10 Å². The van der Waals surface area contributed by atoms with Crippen LogP contribution >= 0.6 is 0 Å². The van der Waals surface area contributed by atoms with E-state index in [1.54, 1.807) is 17.8 Å². The SMILES string of the molecule is CNc1cccc(C(=O)Nc2nn(C)c3ccccc23)c1NC(C)CC=O. The summed E-state index contributed by atoms with van der Waals surface area (Å²) in [6, 6.07) is 13.1. The second-order valence-corrected chi connectivity index (χ2v) is 6.37. The second-order valence-electron chi connectivity index (χ2n) is 6.37. The Morgan fingerprint density at radius 1 is 1.22 bits per heavy atom. The maximum absolute atomic E-state index is 13.0. The molecule has 1 unspecified atom stereocenters. The van der Waals surface area contributed by atoms with E-state index in [9.17, 15) is 9.59 Å². The van der Waals surface area contributed by atoms with Crippen molar-refractivity contribution in [1.29, 1.82) is 0 Å². The number of anilines is 3. The van der Waals surface area contributed by atoms with Gasteiger partial charge >= 0.3 is 0 Å². The summed E-state index contributed by atoms with van der Waals surface area (Å²) in [5, 5.41) is 14.6. The lowest BCUT2D eigenvalue weighted by atomic mass is 10.1. The van der Waals surface area contributed by atoms with Crippen molar-refractivity contribution >= 4 is 40.3 Å². The summed E-state index contributed by atoms with van der Waals surface area (Å²) in [4.78, 5) is 23.8. The van der Waals surface area contributed by atoms with Gasteiger partial charge in [-0.05, 0) is 31.2 Å². The first-order valence-electron chi connectivity index (χ1n) is 8.79. The average Bonchev–Trinajstić information content (AvgIpc) is 2.98. The van der Waals surface area contributed by atoms with Gasteiger partial charge in [0.05, 0.1) is 22.5 Å². The minimum Gasteiger partial charge on any atom is -0.386 e. The van der Waals surface area contributed by atoms with Crippen LogP contribution in [0.2, 0.25) is 0 Å². The Labute approximate surface area is 157 Å². The first-order valence-corrected chi connectivity index (χ1v) is 8.79. The molecular formula is C20H23N5O2. The molecule has 3 aromatic rings. The van der Waals surface area contributed by atoms with E-state index in [1.807, 2.05) is 50.4 Å². The van der Waals surface area contributed by atoms with Gasteiger partial charge in [-0.1, -0.05) is 18.2 Å². The van der Waals surface area contributed by atoms with Crippen molar-refractivity contribution in [2.24, 2.45) is 7.05 Å². The van der Waals surface area contributed by atoms with Crippen LogP contribution in [0.15, 0.2) is 42.5 Å². The maximum atomic E-state index is 13.0.